The van der Waals surface area contributed by atoms with Crippen molar-refractivity contribution in [1.29, 1.82) is 0 Å². The second kappa shape index (κ2) is 5.99. The van der Waals surface area contributed by atoms with Crippen LogP contribution in [-0.4, -0.2) is 30.8 Å². The highest BCUT2D eigenvalue weighted by molar-refractivity contribution is 5.82. The van der Waals surface area contributed by atoms with Crippen molar-refractivity contribution in [3.05, 3.63) is 0 Å². The molecule has 0 N–H and O–H groups in total. The molecule has 2 unspecified atom stereocenters. The fraction of sp³-hybridized carbons (Fsp3) is 0.933. The first-order valence-corrected chi connectivity index (χ1v) is 7.05. The maximum atomic E-state index is 11.9. The van der Waals surface area contributed by atoms with Crippen LogP contribution >= 0.6 is 0 Å². The van der Waals surface area contributed by atoms with Crippen molar-refractivity contribution in [2.45, 2.75) is 53.4 Å². The number of ketones is 1. The highest BCUT2D eigenvalue weighted by Gasteiger charge is 2.33. The van der Waals surface area contributed by atoms with Gasteiger partial charge in [0.15, 0.2) is 0 Å². The largest absolute Gasteiger partial charge is 0.305 e. The molecule has 0 amide bonds. The zero-order valence-corrected chi connectivity index (χ0v) is 12.3. The van der Waals surface area contributed by atoms with Crippen LogP contribution in [0.1, 0.15) is 53.4 Å². The highest BCUT2D eigenvalue weighted by Crippen LogP contribution is 2.36. The van der Waals surface area contributed by atoms with E-state index in [1.54, 1.807) is 0 Å². The molecule has 0 aliphatic heterocycles. The third kappa shape index (κ3) is 4.79. The molecule has 2 heteroatoms. The minimum absolute atomic E-state index is 0.271. The molecule has 0 bridgehead atoms. The van der Waals surface area contributed by atoms with E-state index in [0.717, 1.165) is 38.3 Å². The summed E-state index contributed by atoms with van der Waals surface area (Å²) in [5, 5.41) is 0. The van der Waals surface area contributed by atoms with Crippen molar-refractivity contribution in [3.8, 4) is 0 Å². The molecule has 0 radical (unpaired) electrons. The molecule has 1 saturated carbocycles. The molecule has 100 valence electrons. The van der Waals surface area contributed by atoms with Crippen LogP contribution < -0.4 is 0 Å². The lowest BCUT2D eigenvalue weighted by atomic mass is 9.71. The molecular weight excluding hydrogens is 210 g/mol. The maximum absolute atomic E-state index is 11.9. The third-order valence-electron chi connectivity index (χ3n) is 4.15. The Hall–Kier alpha value is -0.370. The summed E-state index contributed by atoms with van der Waals surface area (Å²) in [6, 6.07) is 0. The van der Waals surface area contributed by atoms with E-state index in [1.165, 1.54) is 6.42 Å². The van der Waals surface area contributed by atoms with E-state index in [2.05, 4.69) is 39.6 Å². The van der Waals surface area contributed by atoms with E-state index >= 15 is 0 Å². The quantitative estimate of drug-likeness (QED) is 0.733. The Balaban J connectivity index is 2.46. The summed E-state index contributed by atoms with van der Waals surface area (Å²) < 4.78 is 0. The lowest BCUT2D eigenvalue weighted by Gasteiger charge is -2.36. The Labute approximate surface area is 107 Å². The third-order valence-corrected chi connectivity index (χ3v) is 4.15. The Morgan fingerprint density at radius 2 is 2.12 bits per heavy atom. The molecule has 0 saturated heterocycles. The summed E-state index contributed by atoms with van der Waals surface area (Å²) in [6.45, 7) is 11.2. The lowest BCUT2D eigenvalue weighted by molar-refractivity contribution is -0.127. The van der Waals surface area contributed by atoms with Crippen molar-refractivity contribution >= 4 is 5.78 Å². The molecule has 0 heterocycles. The number of carbonyl (C=O) groups is 1. The number of hydrogen-bond acceptors (Lipinski definition) is 2. The molecular formula is C15H29NO. The number of carbonyl (C=O) groups excluding carboxylic acids is 1. The first kappa shape index (κ1) is 14.7. The minimum atomic E-state index is 0.271. The number of hydrogen-bond donors (Lipinski definition) is 0. The van der Waals surface area contributed by atoms with E-state index in [-0.39, 0.29) is 5.92 Å². The number of rotatable bonds is 5. The van der Waals surface area contributed by atoms with Crippen molar-refractivity contribution in [2.24, 2.45) is 17.3 Å². The van der Waals surface area contributed by atoms with Crippen LogP contribution in [0.4, 0.5) is 0 Å². The minimum Gasteiger partial charge on any atom is -0.305 e. The van der Waals surface area contributed by atoms with Gasteiger partial charge in [0.25, 0.3) is 0 Å². The van der Waals surface area contributed by atoms with Gasteiger partial charge in [0.1, 0.15) is 5.78 Å². The van der Waals surface area contributed by atoms with E-state index < -0.39 is 0 Å². The van der Waals surface area contributed by atoms with Gasteiger partial charge in [-0.1, -0.05) is 34.1 Å². The monoisotopic (exact) mass is 239 g/mol. The normalized spacial score (nSPS) is 26.2. The fourth-order valence-corrected chi connectivity index (χ4v) is 2.83. The van der Waals surface area contributed by atoms with E-state index in [4.69, 9.17) is 0 Å². The van der Waals surface area contributed by atoms with Gasteiger partial charge < -0.3 is 4.90 Å². The zero-order valence-electron chi connectivity index (χ0n) is 12.3. The fourth-order valence-electron chi connectivity index (χ4n) is 2.83. The van der Waals surface area contributed by atoms with E-state index in [0.29, 0.717) is 11.2 Å². The molecule has 0 aromatic carbocycles. The van der Waals surface area contributed by atoms with Gasteiger partial charge in [-0.15, -0.1) is 0 Å². The summed E-state index contributed by atoms with van der Waals surface area (Å²) in [5.74, 6) is 1.49. The Morgan fingerprint density at radius 1 is 1.47 bits per heavy atom. The SMILES string of the molecule is CCC(C)CN(C)CC1CC(C)(C)CCC1=O. The van der Waals surface area contributed by atoms with E-state index in [9.17, 15) is 4.79 Å². The predicted octanol–water partition coefficient (Wildman–Crippen LogP) is 3.36. The molecule has 1 aliphatic rings. The van der Waals surface area contributed by atoms with Gasteiger partial charge >= 0.3 is 0 Å². The van der Waals surface area contributed by atoms with Crippen LogP contribution in [0.3, 0.4) is 0 Å². The number of nitrogens with zero attached hydrogens (tertiary/aromatic N) is 1. The highest BCUT2D eigenvalue weighted by atomic mass is 16.1. The van der Waals surface area contributed by atoms with Crippen molar-refractivity contribution in [2.75, 3.05) is 20.1 Å². The second-order valence-electron chi connectivity index (χ2n) is 6.77. The van der Waals surface area contributed by atoms with Crippen LogP contribution in [0.15, 0.2) is 0 Å². The summed E-state index contributed by atoms with van der Waals surface area (Å²) in [6.07, 6.45) is 4.14. The molecule has 1 aliphatic carbocycles. The standard InChI is InChI=1S/C15H29NO/c1-6-12(2)10-16(5)11-13-9-15(3,4)8-7-14(13)17/h12-13H,6-11H2,1-5H3. The molecule has 2 atom stereocenters. The molecule has 17 heavy (non-hydrogen) atoms. The topological polar surface area (TPSA) is 20.3 Å². The van der Waals surface area contributed by atoms with Crippen LogP contribution in [0.25, 0.3) is 0 Å². The van der Waals surface area contributed by atoms with Gasteiger partial charge in [0.05, 0.1) is 0 Å². The average Bonchev–Trinajstić information content (AvgIpc) is 2.23. The molecule has 0 aromatic rings. The Morgan fingerprint density at radius 3 is 2.71 bits per heavy atom. The Kier molecular flexibility index (Phi) is 5.18. The summed E-state index contributed by atoms with van der Waals surface area (Å²) in [7, 11) is 2.15. The van der Waals surface area contributed by atoms with Crippen LogP contribution in [0, 0.1) is 17.3 Å². The second-order valence-corrected chi connectivity index (χ2v) is 6.77. The molecule has 0 aromatic heterocycles. The van der Waals surface area contributed by atoms with Crippen molar-refractivity contribution in [3.63, 3.8) is 0 Å². The summed E-state index contributed by atoms with van der Waals surface area (Å²) >= 11 is 0. The zero-order chi connectivity index (χ0) is 13.1. The summed E-state index contributed by atoms with van der Waals surface area (Å²) in [5.41, 5.74) is 0.357. The maximum Gasteiger partial charge on any atom is 0.137 e. The molecule has 2 nitrogen and oxygen atoms in total. The predicted molar refractivity (Wildman–Crippen MR) is 73.1 cm³/mol. The molecule has 1 fully saturated rings. The molecule has 0 spiro atoms. The van der Waals surface area contributed by atoms with Gasteiger partial charge in [0.2, 0.25) is 0 Å². The van der Waals surface area contributed by atoms with Gasteiger partial charge in [-0.25, -0.2) is 0 Å². The first-order chi connectivity index (χ1) is 7.84. The van der Waals surface area contributed by atoms with Crippen LogP contribution in [0.2, 0.25) is 0 Å². The van der Waals surface area contributed by atoms with Gasteiger partial charge in [-0.05, 0) is 31.2 Å². The Bertz CT molecular complexity index is 260. The van der Waals surface area contributed by atoms with Crippen molar-refractivity contribution < 1.29 is 4.79 Å². The van der Waals surface area contributed by atoms with Gasteiger partial charge in [0, 0.05) is 25.4 Å². The molecule has 1 rings (SSSR count). The number of Topliss-reactive ketones (excluding diaryl/α,β-unsaturated/α-hetero) is 1. The average molecular weight is 239 g/mol. The van der Waals surface area contributed by atoms with Gasteiger partial charge in [-0.3, -0.25) is 4.79 Å². The van der Waals surface area contributed by atoms with E-state index in [1.807, 2.05) is 0 Å². The first-order valence-electron chi connectivity index (χ1n) is 7.05. The van der Waals surface area contributed by atoms with Gasteiger partial charge in [-0.2, -0.15) is 0 Å². The van der Waals surface area contributed by atoms with Crippen LogP contribution in [-0.2, 0) is 4.79 Å². The smallest absolute Gasteiger partial charge is 0.137 e. The lowest BCUT2D eigenvalue weighted by Crippen LogP contribution is -2.38. The van der Waals surface area contributed by atoms with Crippen LogP contribution in [0.5, 0.6) is 0 Å². The van der Waals surface area contributed by atoms with Crippen molar-refractivity contribution in [1.82, 2.24) is 4.90 Å². The summed E-state index contributed by atoms with van der Waals surface area (Å²) in [4.78, 5) is 14.3.